The highest BCUT2D eigenvalue weighted by atomic mass is 16.5. The second kappa shape index (κ2) is 9.12. The van der Waals surface area contributed by atoms with E-state index in [-0.39, 0.29) is 6.10 Å². The van der Waals surface area contributed by atoms with Gasteiger partial charge in [-0.3, -0.25) is 0 Å². The van der Waals surface area contributed by atoms with Crippen LogP contribution < -0.4 is 5.32 Å². The fourth-order valence-electron chi connectivity index (χ4n) is 3.69. The van der Waals surface area contributed by atoms with Crippen LogP contribution in [0.2, 0.25) is 0 Å². The Morgan fingerprint density at radius 3 is 2.14 bits per heavy atom. The Morgan fingerprint density at radius 1 is 0.952 bits per heavy atom. The first-order valence-corrected chi connectivity index (χ1v) is 9.14. The minimum absolute atomic E-state index is 0.355. The van der Waals surface area contributed by atoms with E-state index in [9.17, 15) is 5.11 Å². The summed E-state index contributed by atoms with van der Waals surface area (Å²) in [5.41, 5.74) is 0. The largest absolute Gasteiger partial charge is 0.389 e. The molecule has 1 unspecified atom stereocenters. The van der Waals surface area contributed by atoms with Gasteiger partial charge in [-0.2, -0.15) is 0 Å². The van der Waals surface area contributed by atoms with Crippen LogP contribution in [0.3, 0.4) is 0 Å². The highest BCUT2D eigenvalue weighted by Crippen LogP contribution is 2.27. The molecular weight excluding hydrogens is 262 g/mol. The van der Waals surface area contributed by atoms with Crippen LogP contribution in [0.25, 0.3) is 0 Å². The summed E-state index contributed by atoms with van der Waals surface area (Å²) in [7, 11) is 0. The molecule has 2 N–H and O–H groups in total. The van der Waals surface area contributed by atoms with Gasteiger partial charge in [0.15, 0.2) is 0 Å². The molecule has 2 aliphatic carbocycles. The average Bonchev–Trinajstić information content (AvgIpc) is 2.49. The first kappa shape index (κ1) is 17.2. The maximum Gasteiger partial charge on any atom is 0.0897 e. The normalized spacial score (nSPS) is 35.6. The summed E-state index contributed by atoms with van der Waals surface area (Å²) in [4.78, 5) is 0. The van der Waals surface area contributed by atoms with Gasteiger partial charge in [-0.15, -0.1) is 0 Å². The van der Waals surface area contributed by atoms with Crippen molar-refractivity contribution in [1.29, 1.82) is 0 Å². The van der Waals surface area contributed by atoms with Crippen LogP contribution in [0, 0.1) is 17.8 Å². The van der Waals surface area contributed by atoms with E-state index in [1.54, 1.807) is 0 Å². The molecule has 0 saturated heterocycles. The Hall–Kier alpha value is -0.120. The lowest BCUT2D eigenvalue weighted by Crippen LogP contribution is -2.35. The Bertz CT molecular complexity index is 268. The molecule has 3 nitrogen and oxygen atoms in total. The molecule has 2 fully saturated rings. The van der Waals surface area contributed by atoms with Gasteiger partial charge in [0, 0.05) is 6.54 Å². The smallest absolute Gasteiger partial charge is 0.0897 e. The molecule has 0 radical (unpaired) electrons. The molecule has 21 heavy (non-hydrogen) atoms. The predicted molar refractivity (Wildman–Crippen MR) is 87.4 cm³/mol. The molecule has 2 rings (SSSR count). The molecular formula is C18H35NO2. The first-order chi connectivity index (χ1) is 10.1. The third-order valence-electron chi connectivity index (χ3n) is 5.44. The van der Waals surface area contributed by atoms with Crippen LogP contribution in [-0.4, -0.2) is 37.0 Å². The van der Waals surface area contributed by atoms with Gasteiger partial charge in [-0.25, -0.2) is 0 Å². The molecule has 124 valence electrons. The number of nitrogens with one attached hydrogen (secondary N) is 1. The molecule has 0 aromatic heterocycles. The molecule has 0 spiro atoms. The van der Waals surface area contributed by atoms with Crippen molar-refractivity contribution in [3.8, 4) is 0 Å². The summed E-state index contributed by atoms with van der Waals surface area (Å²) in [6, 6.07) is 0. The second-order valence-electron chi connectivity index (χ2n) is 7.65. The Morgan fingerprint density at radius 2 is 1.52 bits per heavy atom. The van der Waals surface area contributed by atoms with E-state index in [4.69, 9.17) is 4.74 Å². The monoisotopic (exact) mass is 297 g/mol. The van der Waals surface area contributed by atoms with Crippen molar-refractivity contribution in [3.05, 3.63) is 0 Å². The number of aliphatic hydroxyl groups is 1. The van der Waals surface area contributed by atoms with Crippen LogP contribution in [-0.2, 0) is 4.74 Å². The molecule has 0 bridgehead atoms. The summed E-state index contributed by atoms with van der Waals surface area (Å²) in [5.74, 6) is 2.59. The summed E-state index contributed by atoms with van der Waals surface area (Å²) >= 11 is 0. The number of rotatable bonds is 7. The number of ether oxygens (including phenoxy) is 1. The van der Waals surface area contributed by atoms with Crippen molar-refractivity contribution < 1.29 is 9.84 Å². The van der Waals surface area contributed by atoms with Crippen LogP contribution in [0.4, 0.5) is 0 Å². The highest BCUT2D eigenvalue weighted by Gasteiger charge is 2.20. The Labute approximate surface area is 130 Å². The van der Waals surface area contributed by atoms with Gasteiger partial charge in [0.1, 0.15) is 0 Å². The Balaban J connectivity index is 1.48. The van der Waals surface area contributed by atoms with Gasteiger partial charge in [-0.1, -0.05) is 26.7 Å². The molecule has 0 aliphatic heterocycles. The van der Waals surface area contributed by atoms with E-state index >= 15 is 0 Å². The second-order valence-corrected chi connectivity index (χ2v) is 7.65. The van der Waals surface area contributed by atoms with Crippen molar-refractivity contribution in [2.24, 2.45) is 17.8 Å². The molecule has 0 heterocycles. The zero-order chi connectivity index (χ0) is 15.1. The van der Waals surface area contributed by atoms with Gasteiger partial charge in [0.25, 0.3) is 0 Å². The third kappa shape index (κ3) is 6.66. The van der Waals surface area contributed by atoms with E-state index in [0.29, 0.717) is 19.3 Å². The zero-order valence-corrected chi connectivity index (χ0v) is 14.0. The van der Waals surface area contributed by atoms with E-state index < -0.39 is 0 Å². The first-order valence-electron chi connectivity index (χ1n) is 9.14. The van der Waals surface area contributed by atoms with Crippen molar-refractivity contribution in [3.63, 3.8) is 0 Å². The predicted octanol–water partition coefficient (Wildman–Crippen LogP) is 3.36. The molecule has 3 heteroatoms. The third-order valence-corrected chi connectivity index (χ3v) is 5.44. The van der Waals surface area contributed by atoms with Crippen LogP contribution in [0.15, 0.2) is 0 Å². The molecule has 0 amide bonds. The Kier molecular flexibility index (Phi) is 7.48. The lowest BCUT2D eigenvalue weighted by atomic mass is 9.83. The van der Waals surface area contributed by atoms with Gasteiger partial charge in [-0.05, 0) is 62.8 Å². The lowest BCUT2D eigenvalue weighted by Gasteiger charge is -2.28. The summed E-state index contributed by atoms with van der Waals surface area (Å²) in [5, 5.41) is 13.5. The van der Waals surface area contributed by atoms with E-state index in [0.717, 1.165) is 24.3 Å². The molecule has 0 aromatic rings. The molecule has 1 atom stereocenters. The molecule has 0 aromatic carbocycles. The SMILES string of the molecule is CC1CCC(CNCC(O)COC2CCC(C)CC2)CC1. The topological polar surface area (TPSA) is 41.5 Å². The van der Waals surface area contributed by atoms with Crippen molar-refractivity contribution >= 4 is 0 Å². The minimum atomic E-state index is -0.355. The van der Waals surface area contributed by atoms with Crippen molar-refractivity contribution in [1.82, 2.24) is 5.32 Å². The van der Waals surface area contributed by atoms with Gasteiger partial charge >= 0.3 is 0 Å². The number of hydrogen-bond acceptors (Lipinski definition) is 3. The molecule has 2 saturated carbocycles. The maximum atomic E-state index is 10.0. The van der Waals surface area contributed by atoms with Gasteiger partial charge in [0.05, 0.1) is 18.8 Å². The average molecular weight is 297 g/mol. The fraction of sp³-hybridized carbons (Fsp3) is 1.00. The maximum absolute atomic E-state index is 10.0. The number of hydrogen-bond donors (Lipinski definition) is 2. The van der Waals surface area contributed by atoms with Crippen molar-refractivity contribution in [2.75, 3.05) is 19.7 Å². The zero-order valence-electron chi connectivity index (χ0n) is 14.0. The van der Waals surface area contributed by atoms with E-state index in [1.807, 2.05) is 0 Å². The minimum Gasteiger partial charge on any atom is -0.389 e. The lowest BCUT2D eigenvalue weighted by molar-refractivity contribution is -0.0280. The fourth-order valence-corrected chi connectivity index (χ4v) is 3.69. The van der Waals surface area contributed by atoms with Crippen LogP contribution in [0.5, 0.6) is 0 Å². The summed E-state index contributed by atoms with van der Waals surface area (Å²) in [6.45, 7) is 6.91. The van der Waals surface area contributed by atoms with Gasteiger partial charge < -0.3 is 15.2 Å². The van der Waals surface area contributed by atoms with Gasteiger partial charge in [0.2, 0.25) is 0 Å². The van der Waals surface area contributed by atoms with Crippen molar-refractivity contribution in [2.45, 2.75) is 77.4 Å². The van der Waals surface area contributed by atoms with E-state index in [2.05, 4.69) is 19.2 Å². The highest BCUT2D eigenvalue weighted by molar-refractivity contribution is 4.73. The summed E-state index contributed by atoms with van der Waals surface area (Å²) in [6.07, 6.45) is 10.4. The number of aliphatic hydroxyl groups excluding tert-OH is 1. The standard InChI is InChI=1S/C18H35NO2/c1-14-3-7-16(8-4-14)11-19-12-17(20)13-21-18-9-5-15(2)6-10-18/h14-20H,3-13H2,1-2H3. The molecule has 2 aliphatic rings. The van der Waals surface area contributed by atoms with Crippen LogP contribution in [0.1, 0.15) is 65.2 Å². The van der Waals surface area contributed by atoms with E-state index in [1.165, 1.54) is 51.4 Å². The quantitative estimate of drug-likeness (QED) is 0.757. The summed E-state index contributed by atoms with van der Waals surface area (Å²) < 4.78 is 5.86. The van der Waals surface area contributed by atoms with Crippen LogP contribution >= 0.6 is 0 Å².